The average Bonchev–Trinajstić information content (AvgIpc) is 2.30. The third-order valence-corrected chi connectivity index (χ3v) is 3.59. The smallest absolute Gasteiger partial charge is 0.336 e. The number of benzene rings is 1. The Hall–Kier alpha value is -1.03. The molecule has 0 atom stereocenters. The molecular formula is C12H14BrNO2. The maximum absolute atomic E-state index is 11.0. The Kier molecular flexibility index (Phi) is 3.49. The number of carbonyl (C=O) groups is 1. The van der Waals surface area contributed by atoms with Crippen molar-refractivity contribution in [2.45, 2.75) is 19.3 Å². The van der Waals surface area contributed by atoms with E-state index in [1.165, 1.54) is 19.3 Å². The minimum atomic E-state index is -0.884. The van der Waals surface area contributed by atoms with Gasteiger partial charge in [0.2, 0.25) is 0 Å². The van der Waals surface area contributed by atoms with Crippen molar-refractivity contribution in [2.75, 3.05) is 18.0 Å². The van der Waals surface area contributed by atoms with Crippen molar-refractivity contribution in [3.05, 3.63) is 28.2 Å². The molecule has 3 nitrogen and oxygen atoms in total. The summed E-state index contributed by atoms with van der Waals surface area (Å²) in [7, 11) is 0. The first kappa shape index (κ1) is 11.5. The topological polar surface area (TPSA) is 40.5 Å². The number of rotatable bonds is 2. The standard InChI is InChI=1S/C12H14BrNO2/c13-11-5-4-9(8-10(11)12(15)16)14-6-2-1-3-7-14/h4-5,8H,1-3,6-7H2,(H,15,16). The Labute approximate surface area is 103 Å². The molecule has 1 aromatic carbocycles. The molecule has 4 heteroatoms. The van der Waals surface area contributed by atoms with Crippen molar-refractivity contribution < 1.29 is 9.90 Å². The second kappa shape index (κ2) is 4.87. The van der Waals surface area contributed by atoms with Gasteiger partial charge in [-0.1, -0.05) is 0 Å². The highest BCUT2D eigenvalue weighted by Gasteiger charge is 2.14. The van der Waals surface area contributed by atoms with Gasteiger partial charge in [0.1, 0.15) is 0 Å². The number of aromatic carboxylic acids is 1. The maximum atomic E-state index is 11.0. The lowest BCUT2D eigenvalue weighted by molar-refractivity contribution is 0.0696. The number of piperidine rings is 1. The summed E-state index contributed by atoms with van der Waals surface area (Å²) in [5, 5.41) is 9.04. The number of anilines is 1. The van der Waals surface area contributed by atoms with Crippen molar-refractivity contribution in [2.24, 2.45) is 0 Å². The molecule has 1 N–H and O–H groups in total. The van der Waals surface area contributed by atoms with Gasteiger partial charge in [0.25, 0.3) is 0 Å². The van der Waals surface area contributed by atoms with Gasteiger partial charge in [-0.05, 0) is 53.4 Å². The summed E-state index contributed by atoms with van der Waals surface area (Å²) in [4.78, 5) is 13.3. The largest absolute Gasteiger partial charge is 0.478 e. The van der Waals surface area contributed by atoms with Crippen LogP contribution in [0, 0.1) is 0 Å². The van der Waals surface area contributed by atoms with E-state index >= 15 is 0 Å². The Morgan fingerprint density at radius 1 is 1.25 bits per heavy atom. The van der Waals surface area contributed by atoms with E-state index in [1.54, 1.807) is 6.07 Å². The van der Waals surface area contributed by atoms with Crippen molar-refractivity contribution >= 4 is 27.6 Å². The van der Waals surface area contributed by atoms with Gasteiger partial charge in [-0.25, -0.2) is 4.79 Å². The Morgan fingerprint density at radius 3 is 2.56 bits per heavy atom. The second-order valence-corrected chi connectivity index (χ2v) is 4.87. The molecule has 1 heterocycles. The summed E-state index contributed by atoms with van der Waals surface area (Å²) in [6, 6.07) is 5.53. The fourth-order valence-corrected chi connectivity index (χ4v) is 2.44. The lowest BCUT2D eigenvalue weighted by atomic mass is 10.1. The first-order valence-electron chi connectivity index (χ1n) is 5.46. The van der Waals surface area contributed by atoms with E-state index in [0.29, 0.717) is 10.0 Å². The van der Waals surface area contributed by atoms with E-state index < -0.39 is 5.97 Å². The Morgan fingerprint density at radius 2 is 1.94 bits per heavy atom. The molecule has 1 aliphatic rings. The molecule has 0 bridgehead atoms. The van der Waals surface area contributed by atoms with E-state index in [2.05, 4.69) is 20.8 Å². The van der Waals surface area contributed by atoms with Crippen LogP contribution in [0.25, 0.3) is 0 Å². The minimum absolute atomic E-state index is 0.336. The molecule has 2 rings (SSSR count). The molecule has 0 radical (unpaired) electrons. The van der Waals surface area contributed by atoms with E-state index in [0.717, 1.165) is 18.8 Å². The lowest BCUT2D eigenvalue weighted by Crippen LogP contribution is -2.29. The number of hydrogen-bond donors (Lipinski definition) is 1. The first-order valence-corrected chi connectivity index (χ1v) is 6.25. The number of carboxylic acid groups (broad SMARTS) is 1. The van der Waals surface area contributed by atoms with E-state index in [9.17, 15) is 4.79 Å². The Bertz CT molecular complexity index is 400. The van der Waals surface area contributed by atoms with E-state index in [-0.39, 0.29) is 0 Å². The predicted octanol–water partition coefficient (Wildman–Crippen LogP) is 3.14. The van der Waals surface area contributed by atoms with Gasteiger partial charge < -0.3 is 10.0 Å². The molecule has 1 saturated heterocycles. The number of carboxylic acids is 1. The van der Waals surface area contributed by atoms with Gasteiger partial charge in [-0.3, -0.25) is 0 Å². The number of halogens is 1. The van der Waals surface area contributed by atoms with Crippen LogP contribution in [0.15, 0.2) is 22.7 Å². The monoisotopic (exact) mass is 283 g/mol. The summed E-state index contributed by atoms with van der Waals surface area (Å²) in [5.41, 5.74) is 1.35. The van der Waals surface area contributed by atoms with Crippen LogP contribution >= 0.6 is 15.9 Å². The fourth-order valence-electron chi connectivity index (χ4n) is 2.03. The third-order valence-electron chi connectivity index (χ3n) is 2.90. The molecule has 1 fully saturated rings. The molecule has 0 amide bonds. The lowest BCUT2D eigenvalue weighted by Gasteiger charge is -2.29. The van der Waals surface area contributed by atoms with Crippen LogP contribution in [0.4, 0.5) is 5.69 Å². The van der Waals surface area contributed by atoms with Crippen molar-refractivity contribution in [3.63, 3.8) is 0 Å². The quantitative estimate of drug-likeness (QED) is 0.907. The van der Waals surface area contributed by atoms with E-state index in [4.69, 9.17) is 5.11 Å². The zero-order valence-electron chi connectivity index (χ0n) is 8.95. The molecule has 0 spiro atoms. The summed E-state index contributed by atoms with van der Waals surface area (Å²) in [6.07, 6.45) is 3.66. The van der Waals surface area contributed by atoms with Gasteiger partial charge in [0.15, 0.2) is 0 Å². The highest BCUT2D eigenvalue weighted by Crippen LogP contribution is 2.25. The van der Waals surface area contributed by atoms with Crippen molar-refractivity contribution in [1.29, 1.82) is 0 Å². The summed E-state index contributed by atoms with van der Waals surface area (Å²) < 4.78 is 0.640. The van der Waals surface area contributed by atoms with Crippen molar-refractivity contribution in [1.82, 2.24) is 0 Å². The van der Waals surface area contributed by atoms with E-state index in [1.807, 2.05) is 12.1 Å². The fraction of sp³-hybridized carbons (Fsp3) is 0.417. The normalized spacial score (nSPS) is 16.2. The van der Waals surface area contributed by atoms with Gasteiger partial charge in [-0.15, -0.1) is 0 Å². The highest BCUT2D eigenvalue weighted by atomic mass is 79.9. The second-order valence-electron chi connectivity index (χ2n) is 4.02. The molecule has 1 aromatic rings. The molecule has 16 heavy (non-hydrogen) atoms. The summed E-state index contributed by atoms with van der Waals surface area (Å²) in [5.74, 6) is -0.884. The van der Waals surface area contributed by atoms with Crippen LogP contribution in [0.3, 0.4) is 0 Å². The molecule has 0 saturated carbocycles. The zero-order valence-corrected chi connectivity index (χ0v) is 10.5. The minimum Gasteiger partial charge on any atom is -0.478 e. The molecular weight excluding hydrogens is 270 g/mol. The molecule has 0 unspecified atom stereocenters. The third kappa shape index (κ3) is 2.38. The zero-order chi connectivity index (χ0) is 11.5. The maximum Gasteiger partial charge on any atom is 0.336 e. The average molecular weight is 284 g/mol. The first-order chi connectivity index (χ1) is 7.68. The molecule has 86 valence electrons. The molecule has 0 aromatic heterocycles. The summed E-state index contributed by atoms with van der Waals surface area (Å²) in [6.45, 7) is 2.06. The highest BCUT2D eigenvalue weighted by molar-refractivity contribution is 9.10. The van der Waals surface area contributed by atoms with Crippen LogP contribution in [0.5, 0.6) is 0 Å². The Balaban J connectivity index is 2.27. The van der Waals surface area contributed by atoms with Crippen LogP contribution < -0.4 is 4.90 Å². The van der Waals surface area contributed by atoms with Crippen LogP contribution in [0.1, 0.15) is 29.6 Å². The van der Waals surface area contributed by atoms with Crippen LogP contribution in [-0.2, 0) is 0 Å². The SMILES string of the molecule is O=C(O)c1cc(N2CCCCC2)ccc1Br. The number of nitrogens with zero attached hydrogens (tertiary/aromatic N) is 1. The van der Waals surface area contributed by atoms with Gasteiger partial charge >= 0.3 is 5.97 Å². The number of hydrogen-bond acceptors (Lipinski definition) is 2. The molecule has 0 aliphatic carbocycles. The van der Waals surface area contributed by atoms with Crippen LogP contribution in [-0.4, -0.2) is 24.2 Å². The van der Waals surface area contributed by atoms with Gasteiger partial charge in [-0.2, -0.15) is 0 Å². The van der Waals surface area contributed by atoms with Gasteiger partial charge in [0.05, 0.1) is 5.56 Å². The predicted molar refractivity (Wildman–Crippen MR) is 67.2 cm³/mol. The van der Waals surface area contributed by atoms with Crippen molar-refractivity contribution in [3.8, 4) is 0 Å². The summed E-state index contributed by atoms with van der Waals surface area (Å²) >= 11 is 3.26. The van der Waals surface area contributed by atoms with Crippen LogP contribution in [0.2, 0.25) is 0 Å². The van der Waals surface area contributed by atoms with Gasteiger partial charge in [0, 0.05) is 23.2 Å². The molecule has 1 aliphatic heterocycles.